The average molecular weight is 368 g/mol. The number of nitrogens with one attached hydrogen (secondary N) is 2. The van der Waals surface area contributed by atoms with Crippen LogP contribution in [-0.2, 0) is 16.1 Å². The lowest BCUT2D eigenvalue weighted by Crippen LogP contribution is -2.54. The van der Waals surface area contributed by atoms with Gasteiger partial charge in [-0.25, -0.2) is 0 Å². The summed E-state index contributed by atoms with van der Waals surface area (Å²) in [6.07, 6.45) is 6.25. The van der Waals surface area contributed by atoms with E-state index in [1.54, 1.807) is 6.20 Å². The number of ether oxygens (including phenoxy) is 1. The lowest BCUT2D eigenvalue weighted by Gasteiger charge is -2.44. The standard InChI is InChI=1S/C21H28N4O2/c1-15-17(14-23-24-15)13-22-21(26)20-19(16-7-3-2-4-8-16)25(11-12-27-20)18-9-5-6-10-18/h2-4,7-8,14,18-20H,5-6,9-13H2,1H3,(H,22,26)(H,23,24)/t19-,20+/m0/s1. The van der Waals surface area contributed by atoms with Crippen LogP contribution in [0.1, 0.15) is 48.5 Å². The Labute approximate surface area is 160 Å². The first-order chi connectivity index (χ1) is 13.2. The Balaban J connectivity index is 1.54. The zero-order chi connectivity index (χ0) is 18.6. The number of aromatic amines is 1. The highest BCUT2D eigenvalue weighted by molar-refractivity contribution is 5.82. The first-order valence-electron chi connectivity index (χ1n) is 9.93. The van der Waals surface area contributed by atoms with Gasteiger partial charge < -0.3 is 10.1 Å². The number of morpholine rings is 1. The summed E-state index contributed by atoms with van der Waals surface area (Å²) in [7, 11) is 0. The van der Waals surface area contributed by atoms with E-state index in [1.165, 1.54) is 25.7 Å². The lowest BCUT2D eigenvalue weighted by molar-refractivity contribution is -0.148. The van der Waals surface area contributed by atoms with Crippen LogP contribution in [0, 0.1) is 6.92 Å². The second-order valence-electron chi connectivity index (χ2n) is 7.56. The number of nitrogens with zero attached hydrogens (tertiary/aromatic N) is 2. The fraction of sp³-hybridized carbons (Fsp3) is 0.524. The number of aryl methyl sites for hydroxylation is 1. The topological polar surface area (TPSA) is 70.2 Å². The third-order valence-electron chi connectivity index (χ3n) is 5.87. The summed E-state index contributed by atoms with van der Waals surface area (Å²) in [6.45, 7) is 3.91. The molecule has 1 amide bonds. The largest absolute Gasteiger partial charge is 0.365 e. The summed E-state index contributed by atoms with van der Waals surface area (Å²) in [4.78, 5) is 15.6. The van der Waals surface area contributed by atoms with Crippen LogP contribution in [0.25, 0.3) is 0 Å². The van der Waals surface area contributed by atoms with Crippen molar-refractivity contribution >= 4 is 5.91 Å². The molecule has 144 valence electrons. The summed E-state index contributed by atoms with van der Waals surface area (Å²) in [5.74, 6) is -0.0489. The van der Waals surface area contributed by atoms with Gasteiger partial charge in [-0.1, -0.05) is 43.2 Å². The highest BCUT2D eigenvalue weighted by Crippen LogP contribution is 2.36. The van der Waals surface area contributed by atoms with Crippen LogP contribution >= 0.6 is 0 Å². The van der Waals surface area contributed by atoms with Crippen LogP contribution in [0.4, 0.5) is 0 Å². The molecule has 2 atom stereocenters. The molecule has 0 bridgehead atoms. The Morgan fingerprint density at radius 1 is 1.30 bits per heavy atom. The minimum atomic E-state index is -0.492. The van der Waals surface area contributed by atoms with Gasteiger partial charge in [-0.15, -0.1) is 0 Å². The first kappa shape index (κ1) is 18.2. The first-order valence-corrected chi connectivity index (χ1v) is 9.93. The van der Waals surface area contributed by atoms with Gasteiger partial charge in [0.2, 0.25) is 0 Å². The van der Waals surface area contributed by atoms with E-state index < -0.39 is 6.10 Å². The predicted molar refractivity (Wildman–Crippen MR) is 103 cm³/mol. The molecule has 2 N–H and O–H groups in total. The van der Waals surface area contributed by atoms with Gasteiger partial charge in [-0.05, 0) is 25.3 Å². The van der Waals surface area contributed by atoms with Crippen molar-refractivity contribution in [1.82, 2.24) is 20.4 Å². The molecule has 2 aliphatic rings. The van der Waals surface area contributed by atoms with Crippen LogP contribution in [0.15, 0.2) is 36.5 Å². The summed E-state index contributed by atoms with van der Waals surface area (Å²) in [5, 5.41) is 9.99. The summed E-state index contributed by atoms with van der Waals surface area (Å²) in [5.41, 5.74) is 3.14. The molecule has 1 aromatic heterocycles. The Hall–Kier alpha value is -2.18. The van der Waals surface area contributed by atoms with Gasteiger partial charge in [-0.2, -0.15) is 5.10 Å². The predicted octanol–water partition coefficient (Wildman–Crippen LogP) is 2.72. The molecule has 4 rings (SSSR count). The summed E-state index contributed by atoms with van der Waals surface area (Å²) >= 11 is 0. The molecule has 2 heterocycles. The molecule has 1 aliphatic heterocycles. The van der Waals surface area contributed by atoms with E-state index in [2.05, 4.69) is 32.5 Å². The highest BCUT2D eigenvalue weighted by Gasteiger charge is 2.41. The molecule has 0 unspecified atom stereocenters. The van der Waals surface area contributed by atoms with E-state index in [1.807, 2.05) is 25.1 Å². The van der Waals surface area contributed by atoms with Gasteiger partial charge in [-0.3, -0.25) is 14.8 Å². The quantitative estimate of drug-likeness (QED) is 0.851. The van der Waals surface area contributed by atoms with Crippen molar-refractivity contribution in [3.8, 4) is 0 Å². The number of H-pyrrole nitrogens is 1. The number of amides is 1. The fourth-order valence-corrected chi connectivity index (χ4v) is 4.41. The van der Waals surface area contributed by atoms with Crippen molar-refractivity contribution in [1.29, 1.82) is 0 Å². The molecule has 1 aliphatic carbocycles. The zero-order valence-electron chi connectivity index (χ0n) is 15.9. The van der Waals surface area contributed by atoms with Crippen molar-refractivity contribution in [3.63, 3.8) is 0 Å². The van der Waals surface area contributed by atoms with Crippen molar-refractivity contribution in [2.45, 2.75) is 57.3 Å². The van der Waals surface area contributed by atoms with Gasteiger partial charge in [0.15, 0.2) is 6.10 Å². The number of rotatable bonds is 5. The number of hydrogen-bond donors (Lipinski definition) is 2. The monoisotopic (exact) mass is 368 g/mol. The summed E-state index contributed by atoms with van der Waals surface area (Å²) in [6, 6.07) is 10.8. The molecule has 2 aromatic rings. The number of carbonyl (C=O) groups is 1. The maximum absolute atomic E-state index is 13.1. The van der Waals surface area contributed by atoms with Gasteiger partial charge in [0, 0.05) is 30.4 Å². The fourth-order valence-electron chi connectivity index (χ4n) is 4.41. The van der Waals surface area contributed by atoms with Crippen LogP contribution in [0.3, 0.4) is 0 Å². The Morgan fingerprint density at radius 3 is 2.78 bits per heavy atom. The number of carbonyl (C=O) groups excluding carboxylic acids is 1. The van der Waals surface area contributed by atoms with Crippen LogP contribution < -0.4 is 5.32 Å². The van der Waals surface area contributed by atoms with Crippen LogP contribution in [0.2, 0.25) is 0 Å². The maximum atomic E-state index is 13.1. The average Bonchev–Trinajstić information content (AvgIpc) is 3.38. The van der Waals surface area contributed by atoms with Gasteiger partial charge in [0.25, 0.3) is 5.91 Å². The van der Waals surface area contributed by atoms with Crippen molar-refractivity contribution < 1.29 is 9.53 Å². The highest BCUT2D eigenvalue weighted by atomic mass is 16.5. The molecule has 6 heteroatoms. The molecule has 0 radical (unpaired) electrons. The van der Waals surface area contributed by atoms with E-state index in [0.717, 1.165) is 23.4 Å². The smallest absolute Gasteiger partial charge is 0.251 e. The Morgan fingerprint density at radius 2 is 2.07 bits per heavy atom. The van der Waals surface area contributed by atoms with Crippen molar-refractivity contribution in [2.24, 2.45) is 0 Å². The van der Waals surface area contributed by atoms with E-state index in [-0.39, 0.29) is 11.9 Å². The van der Waals surface area contributed by atoms with Crippen molar-refractivity contribution in [2.75, 3.05) is 13.2 Å². The zero-order valence-corrected chi connectivity index (χ0v) is 15.9. The molecule has 1 saturated heterocycles. The third-order valence-corrected chi connectivity index (χ3v) is 5.87. The van der Waals surface area contributed by atoms with E-state index >= 15 is 0 Å². The van der Waals surface area contributed by atoms with Crippen LogP contribution in [0.5, 0.6) is 0 Å². The van der Waals surface area contributed by atoms with E-state index in [0.29, 0.717) is 19.2 Å². The maximum Gasteiger partial charge on any atom is 0.251 e. The minimum absolute atomic E-state index is 0.0338. The Kier molecular flexibility index (Phi) is 5.55. The van der Waals surface area contributed by atoms with E-state index in [9.17, 15) is 4.79 Å². The van der Waals surface area contributed by atoms with Crippen molar-refractivity contribution in [3.05, 3.63) is 53.3 Å². The third kappa shape index (κ3) is 3.92. The molecule has 2 fully saturated rings. The van der Waals surface area contributed by atoms with Crippen LogP contribution in [-0.4, -0.2) is 46.3 Å². The molecule has 6 nitrogen and oxygen atoms in total. The van der Waals surface area contributed by atoms with E-state index in [4.69, 9.17) is 4.74 Å². The number of hydrogen-bond acceptors (Lipinski definition) is 4. The molecule has 27 heavy (non-hydrogen) atoms. The summed E-state index contributed by atoms with van der Waals surface area (Å²) < 4.78 is 6.02. The van der Waals surface area contributed by atoms with Gasteiger partial charge in [0.1, 0.15) is 0 Å². The second-order valence-corrected chi connectivity index (χ2v) is 7.56. The second kappa shape index (κ2) is 8.23. The van der Waals surface area contributed by atoms with Gasteiger partial charge in [0.05, 0.1) is 18.8 Å². The Bertz CT molecular complexity index is 755. The number of aromatic nitrogens is 2. The SMILES string of the molecule is Cc1[nH]ncc1CNC(=O)[C@@H]1OCCN(C2CCCC2)[C@H]1c1ccccc1. The lowest BCUT2D eigenvalue weighted by atomic mass is 9.95. The minimum Gasteiger partial charge on any atom is -0.365 e. The molecule has 1 saturated carbocycles. The molecule has 1 aromatic carbocycles. The normalized spacial score (nSPS) is 24.2. The number of benzene rings is 1. The molecule has 0 spiro atoms. The molecular weight excluding hydrogens is 340 g/mol. The van der Waals surface area contributed by atoms with Gasteiger partial charge >= 0.3 is 0 Å². The molecular formula is C21H28N4O2.